The van der Waals surface area contributed by atoms with Gasteiger partial charge in [0.15, 0.2) is 0 Å². The third kappa shape index (κ3) is 1.86. The van der Waals surface area contributed by atoms with E-state index in [2.05, 4.69) is 55.2 Å². The Balaban J connectivity index is 2.01. The molecular weight excluding hydrogens is 218 g/mol. The molecule has 0 fully saturated rings. The number of benzene rings is 1. The molecule has 0 radical (unpaired) electrons. The molecule has 18 heavy (non-hydrogen) atoms. The largest absolute Gasteiger partial charge is 0.256 e. The van der Waals surface area contributed by atoms with E-state index in [1.807, 2.05) is 6.20 Å². The van der Waals surface area contributed by atoms with Gasteiger partial charge < -0.3 is 0 Å². The van der Waals surface area contributed by atoms with Gasteiger partial charge >= 0.3 is 0 Å². The molecule has 1 heteroatoms. The predicted molar refractivity (Wildman–Crippen MR) is 76.4 cm³/mol. The first-order valence-electron chi connectivity index (χ1n) is 6.52. The quantitative estimate of drug-likeness (QED) is 0.765. The number of fused-ring (bicyclic) bond motifs is 1. The number of allylic oxidation sites excluding steroid dienone is 1. The van der Waals surface area contributed by atoms with Crippen molar-refractivity contribution in [2.45, 2.75) is 26.7 Å². The number of nitrogens with zero attached hydrogens (tertiary/aromatic N) is 1. The second-order valence-corrected chi connectivity index (χ2v) is 4.91. The summed E-state index contributed by atoms with van der Waals surface area (Å²) in [5.74, 6) is 0. The smallest absolute Gasteiger partial charge is 0.0665 e. The van der Waals surface area contributed by atoms with Crippen molar-refractivity contribution in [3.63, 3.8) is 0 Å². The van der Waals surface area contributed by atoms with Crippen LogP contribution >= 0.6 is 0 Å². The highest BCUT2D eigenvalue weighted by atomic mass is 14.7. The molecule has 1 nitrogen and oxygen atoms in total. The van der Waals surface area contributed by atoms with Gasteiger partial charge in [0.25, 0.3) is 0 Å². The summed E-state index contributed by atoms with van der Waals surface area (Å²) >= 11 is 0. The second-order valence-electron chi connectivity index (χ2n) is 4.91. The van der Waals surface area contributed by atoms with E-state index in [0.29, 0.717) is 0 Å². The van der Waals surface area contributed by atoms with Gasteiger partial charge in [-0.25, -0.2) is 0 Å². The fourth-order valence-electron chi connectivity index (χ4n) is 2.57. The van der Waals surface area contributed by atoms with Gasteiger partial charge in [0.1, 0.15) is 0 Å². The van der Waals surface area contributed by atoms with Crippen LogP contribution in [0.25, 0.3) is 11.6 Å². The van der Waals surface area contributed by atoms with Gasteiger partial charge in [-0.3, -0.25) is 4.98 Å². The summed E-state index contributed by atoms with van der Waals surface area (Å²) in [4.78, 5) is 4.53. The molecule has 1 aromatic carbocycles. The molecule has 1 aliphatic rings. The number of aryl methyl sites for hydroxylation is 2. The molecule has 0 saturated carbocycles. The minimum Gasteiger partial charge on any atom is -0.256 e. The summed E-state index contributed by atoms with van der Waals surface area (Å²) in [6.45, 7) is 4.29. The van der Waals surface area contributed by atoms with Crippen LogP contribution in [-0.2, 0) is 12.8 Å². The monoisotopic (exact) mass is 235 g/mol. The van der Waals surface area contributed by atoms with Gasteiger partial charge in [-0.1, -0.05) is 31.2 Å². The van der Waals surface area contributed by atoms with Crippen LogP contribution < -0.4 is 0 Å². The molecule has 0 spiro atoms. The van der Waals surface area contributed by atoms with Crippen molar-refractivity contribution in [1.82, 2.24) is 4.98 Å². The minimum absolute atomic E-state index is 1.01. The summed E-state index contributed by atoms with van der Waals surface area (Å²) < 4.78 is 0. The molecule has 0 N–H and O–H groups in total. The minimum atomic E-state index is 1.01. The number of pyridine rings is 1. The van der Waals surface area contributed by atoms with E-state index in [-0.39, 0.29) is 0 Å². The maximum atomic E-state index is 4.53. The predicted octanol–water partition coefficient (Wildman–Crippen LogP) is 4.05. The van der Waals surface area contributed by atoms with Crippen molar-refractivity contribution in [2.75, 3.05) is 0 Å². The number of rotatable bonds is 2. The first-order chi connectivity index (χ1) is 8.78. The lowest BCUT2D eigenvalue weighted by molar-refractivity contribution is 1.12. The van der Waals surface area contributed by atoms with E-state index in [1.54, 1.807) is 0 Å². The highest BCUT2D eigenvalue weighted by Gasteiger charge is 2.16. The normalized spacial score (nSPS) is 13.3. The summed E-state index contributed by atoms with van der Waals surface area (Å²) in [6, 6.07) is 10.9. The lowest BCUT2D eigenvalue weighted by Crippen LogP contribution is -1.90. The third-order valence-electron chi connectivity index (χ3n) is 3.61. The highest BCUT2D eigenvalue weighted by Crippen LogP contribution is 2.32. The first-order valence-corrected chi connectivity index (χ1v) is 6.52. The van der Waals surface area contributed by atoms with Gasteiger partial charge in [0.2, 0.25) is 0 Å². The van der Waals surface area contributed by atoms with Gasteiger partial charge in [0, 0.05) is 12.6 Å². The van der Waals surface area contributed by atoms with Crippen molar-refractivity contribution < 1.29 is 0 Å². The fourth-order valence-corrected chi connectivity index (χ4v) is 2.57. The van der Waals surface area contributed by atoms with Crippen LogP contribution in [0.3, 0.4) is 0 Å². The zero-order chi connectivity index (χ0) is 12.5. The van der Waals surface area contributed by atoms with Gasteiger partial charge in [-0.2, -0.15) is 0 Å². The van der Waals surface area contributed by atoms with Crippen molar-refractivity contribution in [3.8, 4) is 0 Å². The zero-order valence-corrected chi connectivity index (χ0v) is 10.9. The van der Waals surface area contributed by atoms with Gasteiger partial charge in [-0.05, 0) is 53.3 Å². The van der Waals surface area contributed by atoms with Crippen molar-refractivity contribution in [1.29, 1.82) is 0 Å². The summed E-state index contributed by atoms with van der Waals surface area (Å²) in [5, 5.41) is 0. The Morgan fingerprint density at radius 1 is 1.17 bits per heavy atom. The molecule has 2 aromatic rings. The number of aromatic nitrogens is 1. The Labute approximate surface area is 108 Å². The molecule has 0 atom stereocenters. The zero-order valence-electron chi connectivity index (χ0n) is 10.9. The van der Waals surface area contributed by atoms with Crippen LogP contribution in [0.1, 0.15) is 34.9 Å². The van der Waals surface area contributed by atoms with Crippen molar-refractivity contribution in [2.24, 2.45) is 0 Å². The average molecular weight is 235 g/mol. The van der Waals surface area contributed by atoms with Crippen molar-refractivity contribution in [3.05, 3.63) is 64.5 Å². The van der Waals surface area contributed by atoms with E-state index in [9.17, 15) is 0 Å². The van der Waals surface area contributed by atoms with Crippen LogP contribution in [0, 0.1) is 6.92 Å². The molecule has 0 saturated heterocycles. The van der Waals surface area contributed by atoms with E-state index in [1.165, 1.54) is 27.8 Å². The van der Waals surface area contributed by atoms with E-state index in [0.717, 1.165) is 18.5 Å². The lowest BCUT2D eigenvalue weighted by Gasteiger charge is -2.03. The lowest BCUT2D eigenvalue weighted by atomic mass is 10.0. The van der Waals surface area contributed by atoms with Crippen molar-refractivity contribution >= 4 is 11.6 Å². The van der Waals surface area contributed by atoms with Crippen LogP contribution in [0.2, 0.25) is 0 Å². The van der Waals surface area contributed by atoms with Crippen LogP contribution in [0.15, 0.2) is 36.5 Å². The summed E-state index contributed by atoms with van der Waals surface area (Å²) in [7, 11) is 0. The number of hydrogen-bond donors (Lipinski definition) is 0. The Bertz CT molecular complexity index is 606. The van der Waals surface area contributed by atoms with Gasteiger partial charge in [-0.15, -0.1) is 0 Å². The molecule has 1 aliphatic carbocycles. The average Bonchev–Trinajstić information content (AvgIpc) is 2.83. The van der Waals surface area contributed by atoms with Crippen LogP contribution in [0.4, 0.5) is 0 Å². The first kappa shape index (κ1) is 11.2. The molecule has 0 aliphatic heterocycles. The Kier molecular flexibility index (Phi) is 2.75. The summed E-state index contributed by atoms with van der Waals surface area (Å²) in [6.07, 6.45) is 6.36. The third-order valence-corrected chi connectivity index (χ3v) is 3.61. The maximum absolute atomic E-state index is 4.53. The molecule has 0 bridgehead atoms. The standard InChI is InChI=1S/C17H17N/c1-3-13-5-4-6-14-9-15(10-16(13)14)17-8-7-12(2)11-18-17/h4-8,10-11H,3,9H2,1-2H3. The van der Waals surface area contributed by atoms with Crippen LogP contribution in [0.5, 0.6) is 0 Å². The second kappa shape index (κ2) is 4.41. The Morgan fingerprint density at radius 2 is 2.06 bits per heavy atom. The van der Waals surface area contributed by atoms with E-state index in [4.69, 9.17) is 0 Å². The molecular formula is C17H17N. The summed E-state index contributed by atoms with van der Waals surface area (Å²) in [5.41, 5.74) is 7.95. The topological polar surface area (TPSA) is 12.9 Å². The number of hydrogen-bond acceptors (Lipinski definition) is 1. The molecule has 0 unspecified atom stereocenters. The molecule has 1 aromatic heterocycles. The highest BCUT2D eigenvalue weighted by molar-refractivity contribution is 5.88. The molecule has 1 heterocycles. The fraction of sp³-hybridized carbons (Fsp3) is 0.235. The Morgan fingerprint density at radius 3 is 2.78 bits per heavy atom. The molecule has 0 amide bonds. The van der Waals surface area contributed by atoms with Gasteiger partial charge in [0.05, 0.1) is 5.69 Å². The van der Waals surface area contributed by atoms with E-state index >= 15 is 0 Å². The maximum Gasteiger partial charge on any atom is 0.0665 e. The molecule has 90 valence electrons. The SMILES string of the molecule is CCc1cccc2c1C=C(c1ccc(C)cn1)C2. The van der Waals surface area contributed by atoms with Crippen LogP contribution in [-0.4, -0.2) is 4.98 Å². The molecule has 3 rings (SSSR count). The van der Waals surface area contributed by atoms with E-state index < -0.39 is 0 Å². The Hall–Kier alpha value is -1.89.